The van der Waals surface area contributed by atoms with Gasteiger partial charge in [0.25, 0.3) is 0 Å². The summed E-state index contributed by atoms with van der Waals surface area (Å²) in [5.41, 5.74) is 1.70. The zero-order valence-electron chi connectivity index (χ0n) is 18.3. The van der Waals surface area contributed by atoms with Crippen LogP contribution in [0, 0.1) is 0 Å². The summed E-state index contributed by atoms with van der Waals surface area (Å²) in [6.07, 6.45) is 1.57. The maximum absolute atomic E-state index is 11.6. The van der Waals surface area contributed by atoms with Crippen LogP contribution in [0.2, 0.25) is 0 Å². The van der Waals surface area contributed by atoms with Gasteiger partial charge in [0, 0.05) is 6.54 Å². The van der Waals surface area contributed by atoms with Gasteiger partial charge in [-0.1, -0.05) is 6.92 Å². The number of ether oxygens (including phenoxy) is 2. The Balaban J connectivity index is 2.11. The van der Waals surface area contributed by atoms with Crippen molar-refractivity contribution in [3.63, 3.8) is 0 Å². The molecule has 3 N–H and O–H groups in total. The Kier molecular flexibility index (Phi) is 5.83. The van der Waals surface area contributed by atoms with E-state index in [1.807, 2.05) is 12.0 Å². The Hall–Kier alpha value is -2.74. The first-order chi connectivity index (χ1) is 14.9. The van der Waals surface area contributed by atoms with Crippen LogP contribution in [-0.4, -0.2) is 54.3 Å². The zero-order valence-corrected chi connectivity index (χ0v) is 18.3. The third kappa shape index (κ3) is 3.43. The summed E-state index contributed by atoms with van der Waals surface area (Å²) in [7, 11) is 4.63. The number of rotatable bonds is 6. The average molecular weight is 427 g/mol. The van der Waals surface area contributed by atoms with Crippen molar-refractivity contribution in [1.29, 1.82) is 0 Å². The number of phenolic OH excluding ortho intramolecular Hbond substituents is 2. The van der Waals surface area contributed by atoms with E-state index < -0.39 is 6.10 Å². The molecule has 1 aliphatic rings. The number of hydroxylamine groups is 2. The van der Waals surface area contributed by atoms with Crippen LogP contribution in [0.5, 0.6) is 23.0 Å². The van der Waals surface area contributed by atoms with Crippen LogP contribution in [0.3, 0.4) is 0 Å². The van der Waals surface area contributed by atoms with E-state index in [2.05, 4.69) is 0 Å². The molecule has 1 heterocycles. The Bertz CT molecular complexity index is 1130. The molecule has 1 fully saturated rings. The molecule has 4 rings (SSSR count). The summed E-state index contributed by atoms with van der Waals surface area (Å²) in [4.78, 5) is 5.50. The molecule has 0 amide bonds. The highest BCUT2D eigenvalue weighted by atomic mass is 16.7. The van der Waals surface area contributed by atoms with Gasteiger partial charge in [0.05, 0.1) is 33.5 Å². The lowest BCUT2D eigenvalue weighted by Gasteiger charge is -2.30. The fraction of sp³-hybridized carbons (Fsp3) is 0.417. The van der Waals surface area contributed by atoms with Gasteiger partial charge in [0.1, 0.15) is 0 Å². The number of nitrogens with zero attached hydrogens (tertiary/aromatic N) is 1. The largest absolute Gasteiger partial charge is 0.504 e. The van der Waals surface area contributed by atoms with E-state index in [-0.39, 0.29) is 17.5 Å². The molecule has 31 heavy (non-hydrogen) atoms. The van der Waals surface area contributed by atoms with Crippen molar-refractivity contribution in [3.05, 3.63) is 35.4 Å². The van der Waals surface area contributed by atoms with Gasteiger partial charge in [-0.2, -0.15) is 5.06 Å². The van der Waals surface area contributed by atoms with E-state index in [9.17, 15) is 15.3 Å². The summed E-state index contributed by atoms with van der Waals surface area (Å²) in [5.74, 6) is 0.720. The number of phenols is 2. The molecule has 7 heteroatoms. The number of aryl methyl sites for hydroxylation is 1. The second-order valence-corrected chi connectivity index (χ2v) is 7.86. The van der Waals surface area contributed by atoms with E-state index in [1.165, 1.54) is 14.2 Å². The van der Waals surface area contributed by atoms with Crippen molar-refractivity contribution in [1.82, 2.24) is 5.06 Å². The average Bonchev–Trinajstić information content (AvgIpc) is 3.26. The Morgan fingerprint density at radius 2 is 1.52 bits per heavy atom. The predicted molar refractivity (Wildman–Crippen MR) is 119 cm³/mol. The SMILES string of the molecule is CCc1c([C@@H](O)[C@H]2CCCN2OC)c2cc(O)c(OC)cc2c2cc(O)c(OC)cc12. The maximum atomic E-state index is 11.6. The van der Waals surface area contributed by atoms with Crippen LogP contribution in [-0.2, 0) is 11.3 Å². The van der Waals surface area contributed by atoms with Crippen LogP contribution in [0.25, 0.3) is 21.5 Å². The van der Waals surface area contributed by atoms with E-state index in [0.29, 0.717) is 17.9 Å². The molecule has 3 aromatic rings. The van der Waals surface area contributed by atoms with Crippen LogP contribution >= 0.6 is 0 Å². The topological polar surface area (TPSA) is 91.6 Å². The number of benzene rings is 3. The third-order valence-electron chi connectivity index (χ3n) is 6.37. The van der Waals surface area contributed by atoms with Gasteiger partial charge in [-0.15, -0.1) is 0 Å². The minimum absolute atomic E-state index is 0.00222. The highest BCUT2D eigenvalue weighted by molar-refractivity contribution is 6.12. The number of aliphatic hydroxyl groups is 1. The maximum Gasteiger partial charge on any atom is 0.161 e. The molecular formula is C24H29NO6. The monoisotopic (exact) mass is 427 g/mol. The van der Waals surface area contributed by atoms with Crippen molar-refractivity contribution in [3.8, 4) is 23.0 Å². The van der Waals surface area contributed by atoms with E-state index in [1.54, 1.807) is 31.4 Å². The normalized spacial score (nSPS) is 18.0. The Morgan fingerprint density at radius 3 is 2.10 bits per heavy atom. The van der Waals surface area contributed by atoms with Crippen LogP contribution in [0.4, 0.5) is 0 Å². The van der Waals surface area contributed by atoms with Gasteiger partial charge < -0.3 is 29.6 Å². The first-order valence-electron chi connectivity index (χ1n) is 10.5. The smallest absolute Gasteiger partial charge is 0.161 e. The number of aromatic hydroxyl groups is 2. The molecule has 3 aromatic carbocycles. The first-order valence-corrected chi connectivity index (χ1v) is 10.5. The zero-order chi connectivity index (χ0) is 22.3. The first kappa shape index (κ1) is 21.5. The number of aliphatic hydroxyl groups excluding tert-OH is 1. The number of hydrogen-bond donors (Lipinski definition) is 3. The van der Waals surface area contributed by atoms with Crippen molar-refractivity contribution in [2.45, 2.75) is 38.3 Å². The van der Waals surface area contributed by atoms with Crippen LogP contribution in [0.15, 0.2) is 24.3 Å². The molecule has 7 nitrogen and oxygen atoms in total. The molecule has 0 bridgehead atoms. The molecule has 0 saturated carbocycles. The standard InChI is InChI=1S/C24H29NO6/c1-5-13-15-11-21(29-2)19(26)9-14(15)16-12-22(30-3)20(27)10-17(16)23(13)24(28)18-7-6-8-25(18)31-4/h9-12,18,24,26-28H,5-8H2,1-4H3/t18-,24+/m1/s1. The molecule has 0 radical (unpaired) electrons. The van der Waals surface area contributed by atoms with Gasteiger partial charge in [0.15, 0.2) is 23.0 Å². The summed E-state index contributed by atoms with van der Waals surface area (Å²) in [6, 6.07) is 6.66. The minimum Gasteiger partial charge on any atom is -0.504 e. The third-order valence-corrected chi connectivity index (χ3v) is 6.37. The van der Waals surface area contributed by atoms with Crippen molar-refractivity contribution in [2.75, 3.05) is 27.9 Å². The molecule has 0 aliphatic carbocycles. The lowest BCUT2D eigenvalue weighted by atomic mass is 9.85. The van der Waals surface area contributed by atoms with E-state index >= 15 is 0 Å². The quantitative estimate of drug-likeness (QED) is 0.511. The predicted octanol–water partition coefficient (Wildman–Crippen LogP) is 4.04. The van der Waals surface area contributed by atoms with E-state index in [0.717, 1.165) is 52.1 Å². The highest BCUT2D eigenvalue weighted by Crippen LogP contribution is 2.46. The van der Waals surface area contributed by atoms with Gasteiger partial charge >= 0.3 is 0 Å². The molecule has 1 aliphatic heterocycles. The Labute approximate surface area is 181 Å². The lowest BCUT2D eigenvalue weighted by molar-refractivity contribution is -0.164. The fourth-order valence-corrected chi connectivity index (χ4v) is 4.91. The van der Waals surface area contributed by atoms with Crippen LogP contribution < -0.4 is 9.47 Å². The van der Waals surface area contributed by atoms with Crippen molar-refractivity contribution in [2.24, 2.45) is 0 Å². The number of fused-ring (bicyclic) bond motifs is 3. The summed E-state index contributed by atoms with van der Waals surface area (Å²) in [6.45, 7) is 2.79. The second kappa shape index (κ2) is 8.42. The number of hydrogen-bond acceptors (Lipinski definition) is 7. The van der Waals surface area contributed by atoms with Gasteiger partial charge in [-0.3, -0.25) is 0 Å². The van der Waals surface area contributed by atoms with Crippen molar-refractivity contribution < 1.29 is 29.6 Å². The fourth-order valence-electron chi connectivity index (χ4n) is 4.91. The molecule has 0 spiro atoms. The van der Waals surface area contributed by atoms with Gasteiger partial charge in [-0.25, -0.2) is 0 Å². The summed E-state index contributed by atoms with van der Waals surface area (Å²) >= 11 is 0. The van der Waals surface area contributed by atoms with E-state index in [4.69, 9.17) is 14.3 Å². The molecule has 0 unspecified atom stereocenters. The molecular weight excluding hydrogens is 398 g/mol. The molecule has 0 aromatic heterocycles. The highest BCUT2D eigenvalue weighted by Gasteiger charge is 2.35. The molecule has 166 valence electrons. The van der Waals surface area contributed by atoms with Crippen molar-refractivity contribution >= 4 is 21.5 Å². The van der Waals surface area contributed by atoms with Crippen LogP contribution in [0.1, 0.15) is 37.0 Å². The van der Waals surface area contributed by atoms with Gasteiger partial charge in [-0.05, 0) is 76.2 Å². The Morgan fingerprint density at radius 1 is 0.935 bits per heavy atom. The summed E-state index contributed by atoms with van der Waals surface area (Å²) < 4.78 is 10.7. The molecule has 1 saturated heterocycles. The molecule has 2 atom stereocenters. The minimum atomic E-state index is -0.822. The summed E-state index contributed by atoms with van der Waals surface area (Å²) in [5, 5.41) is 37.6. The van der Waals surface area contributed by atoms with Gasteiger partial charge in [0.2, 0.25) is 0 Å². The number of methoxy groups -OCH3 is 2. The lowest BCUT2D eigenvalue weighted by Crippen LogP contribution is -2.34. The second-order valence-electron chi connectivity index (χ2n) is 7.86.